The van der Waals surface area contributed by atoms with Crippen LogP contribution in [0.4, 0.5) is 13.2 Å². The van der Waals surface area contributed by atoms with Crippen LogP contribution in [-0.2, 0) is 12.6 Å². The van der Waals surface area contributed by atoms with E-state index in [1.807, 2.05) is 0 Å². The van der Waals surface area contributed by atoms with Crippen molar-refractivity contribution < 1.29 is 13.2 Å². The maximum atomic E-state index is 12.4. The minimum Gasteiger partial charge on any atom is -0.166 e. The molecular formula is C13H8BrCl2F3S. The smallest absolute Gasteiger partial charge is 0.166 e. The van der Waals surface area contributed by atoms with Gasteiger partial charge in [0.25, 0.3) is 0 Å². The Kier molecular flexibility index (Phi) is 5.05. The second-order valence-corrected chi connectivity index (χ2v) is 7.47. The minimum atomic E-state index is -4.31. The van der Waals surface area contributed by atoms with Gasteiger partial charge < -0.3 is 0 Å². The number of hydrogen-bond acceptors (Lipinski definition) is 1. The molecule has 0 saturated carbocycles. The van der Waals surface area contributed by atoms with E-state index in [0.29, 0.717) is 11.4 Å². The van der Waals surface area contributed by atoms with Crippen molar-refractivity contribution >= 4 is 50.5 Å². The lowest BCUT2D eigenvalue weighted by atomic mass is 10.1. The first-order valence-corrected chi connectivity index (χ1v) is 7.94. The molecule has 7 heteroatoms. The van der Waals surface area contributed by atoms with Gasteiger partial charge in [0.1, 0.15) is 0 Å². The van der Waals surface area contributed by atoms with Gasteiger partial charge in [-0.2, -0.15) is 13.2 Å². The molecule has 1 aromatic heterocycles. The Morgan fingerprint density at radius 1 is 1.20 bits per heavy atom. The van der Waals surface area contributed by atoms with Crippen molar-refractivity contribution in [2.45, 2.75) is 18.0 Å². The quantitative estimate of drug-likeness (QED) is 0.500. The van der Waals surface area contributed by atoms with Crippen LogP contribution in [0.2, 0.25) is 5.02 Å². The summed E-state index contributed by atoms with van der Waals surface area (Å²) in [4.78, 5) is 0.878. The third-order valence-electron chi connectivity index (χ3n) is 2.67. The van der Waals surface area contributed by atoms with E-state index in [2.05, 4.69) is 15.9 Å². The number of thiophene rings is 1. The molecule has 0 nitrogen and oxygen atoms in total. The molecule has 2 aromatic rings. The summed E-state index contributed by atoms with van der Waals surface area (Å²) in [5.74, 6) is 0. The van der Waals surface area contributed by atoms with Crippen LogP contribution >= 0.6 is 50.5 Å². The monoisotopic (exact) mass is 402 g/mol. The molecule has 0 radical (unpaired) electrons. The number of alkyl halides is 4. The molecule has 0 aliphatic heterocycles. The average Bonchev–Trinajstić information content (AvgIpc) is 2.69. The molecule has 1 unspecified atom stereocenters. The highest BCUT2D eigenvalue weighted by Crippen LogP contribution is 2.39. The molecule has 0 saturated heterocycles. The lowest BCUT2D eigenvalue weighted by molar-refractivity contribution is -0.137. The first kappa shape index (κ1) is 16.1. The van der Waals surface area contributed by atoms with E-state index < -0.39 is 11.7 Å². The number of rotatable bonds is 3. The van der Waals surface area contributed by atoms with Crippen LogP contribution < -0.4 is 0 Å². The molecule has 0 N–H and O–H groups in total. The highest BCUT2D eigenvalue weighted by molar-refractivity contribution is 9.11. The molecule has 20 heavy (non-hydrogen) atoms. The Bertz CT molecular complexity index is 573. The van der Waals surface area contributed by atoms with Gasteiger partial charge in [0.15, 0.2) is 0 Å². The van der Waals surface area contributed by atoms with Crippen molar-refractivity contribution in [2.75, 3.05) is 0 Å². The molecule has 0 aliphatic rings. The van der Waals surface area contributed by atoms with Gasteiger partial charge in [-0.3, -0.25) is 0 Å². The number of halogens is 6. The fourth-order valence-electron chi connectivity index (χ4n) is 1.66. The second kappa shape index (κ2) is 6.26. The SMILES string of the molecule is FC(F)(F)c1ccc(CC(Cl)c2cc(Cl)c(Br)s2)cc1. The largest absolute Gasteiger partial charge is 0.416 e. The second-order valence-electron chi connectivity index (χ2n) is 4.14. The van der Waals surface area contributed by atoms with Gasteiger partial charge in [-0.25, -0.2) is 0 Å². The van der Waals surface area contributed by atoms with E-state index in [4.69, 9.17) is 23.2 Å². The van der Waals surface area contributed by atoms with Crippen molar-refractivity contribution in [3.8, 4) is 0 Å². The Balaban J connectivity index is 2.10. The zero-order valence-electron chi connectivity index (χ0n) is 9.85. The zero-order valence-corrected chi connectivity index (χ0v) is 13.8. The van der Waals surface area contributed by atoms with Gasteiger partial charge in [0, 0.05) is 4.88 Å². The minimum absolute atomic E-state index is 0.319. The van der Waals surface area contributed by atoms with E-state index in [0.717, 1.165) is 26.4 Å². The summed E-state index contributed by atoms with van der Waals surface area (Å²) >= 11 is 16.9. The molecule has 2 rings (SSSR count). The maximum Gasteiger partial charge on any atom is 0.416 e. The fraction of sp³-hybridized carbons (Fsp3) is 0.231. The topological polar surface area (TPSA) is 0 Å². The highest BCUT2D eigenvalue weighted by atomic mass is 79.9. The molecule has 108 valence electrons. The van der Waals surface area contributed by atoms with Gasteiger partial charge in [0.2, 0.25) is 0 Å². The van der Waals surface area contributed by atoms with Crippen molar-refractivity contribution in [1.82, 2.24) is 0 Å². The van der Waals surface area contributed by atoms with Crippen LogP contribution in [0.25, 0.3) is 0 Å². The van der Waals surface area contributed by atoms with Crippen LogP contribution in [0.5, 0.6) is 0 Å². The first-order valence-electron chi connectivity index (χ1n) is 5.52. The summed E-state index contributed by atoms with van der Waals surface area (Å²) in [6, 6.07) is 6.79. The molecule has 1 heterocycles. The van der Waals surface area contributed by atoms with Crippen LogP contribution in [0.15, 0.2) is 34.1 Å². The molecule has 0 aliphatic carbocycles. The Hall–Kier alpha value is -0.230. The molecule has 1 aromatic carbocycles. The van der Waals surface area contributed by atoms with Gasteiger partial charge in [-0.05, 0) is 46.1 Å². The van der Waals surface area contributed by atoms with E-state index in [1.165, 1.54) is 23.5 Å². The van der Waals surface area contributed by atoms with Crippen molar-refractivity contribution in [3.63, 3.8) is 0 Å². The van der Waals surface area contributed by atoms with E-state index in [9.17, 15) is 13.2 Å². The summed E-state index contributed by atoms with van der Waals surface area (Å²) < 4.78 is 38.1. The predicted molar refractivity (Wildman–Crippen MR) is 80.8 cm³/mol. The summed E-state index contributed by atoms with van der Waals surface area (Å²) in [5, 5.41) is 0.267. The van der Waals surface area contributed by atoms with Crippen molar-refractivity contribution in [1.29, 1.82) is 0 Å². The number of benzene rings is 1. The maximum absolute atomic E-state index is 12.4. The summed E-state index contributed by atoms with van der Waals surface area (Å²) in [7, 11) is 0. The van der Waals surface area contributed by atoms with Crippen molar-refractivity contribution in [2.24, 2.45) is 0 Å². The standard InChI is InChI=1S/C13H8BrCl2F3S/c14-12-10(16)6-11(20-12)9(15)5-7-1-3-8(4-2-7)13(17,18)19/h1-4,6,9H,5H2. The van der Waals surface area contributed by atoms with Crippen LogP contribution in [0.1, 0.15) is 21.4 Å². The molecule has 1 atom stereocenters. The number of hydrogen-bond donors (Lipinski definition) is 0. The highest BCUT2D eigenvalue weighted by Gasteiger charge is 2.30. The predicted octanol–water partition coefficient (Wildman–Crippen LogP) is 6.71. The normalized spacial score (nSPS) is 13.5. The van der Waals surface area contributed by atoms with Crippen LogP contribution in [0, 0.1) is 0 Å². The van der Waals surface area contributed by atoms with Gasteiger partial charge in [-0.1, -0.05) is 23.7 Å². The Labute approximate surface area is 136 Å². The van der Waals surface area contributed by atoms with Crippen LogP contribution in [-0.4, -0.2) is 0 Å². The zero-order chi connectivity index (χ0) is 14.9. The lowest BCUT2D eigenvalue weighted by Gasteiger charge is -2.10. The van der Waals surface area contributed by atoms with Crippen molar-refractivity contribution in [3.05, 3.63) is 55.1 Å². The summed E-state index contributed by atoms with van der Waals surface area (Å²) in [5.41, 5.74) is 0.0907. The van der Waals surface area contributed by atoms with Gasteiger partial charge in [0.05, 0.1) is 19.7 Å². The molecular weight excluding hydrogens is 396 g/mol. The Morgan fingerprint density at radius 2 is 1.80 bits per heavy atom. The molecule has 0 bridgehead atoms. The summed E-state index contributed by atoms with van der Waals surface area (Å²) in [6.07, 6.45) is -3.87. The third kappa shape index (κ3) is 3.91. The summed E-state index contributed by atoms with van der Waals surface area (Å²) in [6.45, 7) is 0. The molecule has 0 spiro atoms. The third-order valence-corrected chi connectivity index (χ3v) is 5.78. The van der Waals surface area contributed by atoms with Gasteiger partial charge in [-0.15, -0.1) is 22.9 Å². The first-order chi connectivity index (χ1) is 9.27. The fourth-order valence-corrected chi connectivity index (χ4v) is 3.75. The van der Waals surface area contributed by atoms with E-state index >= 15 is 0 Å². The van der Waals surface area contributed by atoms with E-state index in [-0.39, 0.29) is 5.38 Å². The van der Waals surface area contributed by atoms with Crippen LogP contribution in [0.3, 0.4) is 0 Å². The lowest BCUT2D eigenvalue weighted by Crippen LogP contribution is -2.04. The van der Waals surface area contributed by atoms with E-state index in [1.54, 1.807) is 6.07 Å². The van der Waals surface area contributed by atoms with Gasteiger partial charge >= 0.3 is 6.18 Å². The molecule has 0 fully saturated rings. The average molecular weight is 404 g/mol. The Morgan fingerprint density at radius 3 is 2.25 bits per heavy atom. The molecule has 0 amide bonds.